The van der Waals surface area contributed by atoms with Crippen LogP contribution in [0.4, 0.5) is 5.69 Å². The average molecular weight is 255 g/mol. The number of aliphatic hydroxyl groups excluding tert-OH is 1. The first-order valence-electron chi connectivity index (χ1n) is 6.84. The van der Waals surface area contributed by atoms with Gasteiger partial charge in [0.2, 0.25) is 0 Å². The third kappa shape index (κ3) is 2.96. The molecule has 0 aliphatic rings. The molecular weight excluding hydrogens is 234 g/mol. The highest BCUT2D eigenvalue weighted by atomic mass is 16.3. The van der Waals surface area contributed by atoms with Gasteiger partial charge in [-0.05, 0) is 42.7 Å². The predicted molar refractivity (Wildman–Crippen MR) is 81.4 cm³/mol. The molecule has 0 fully saturated rings. The number of anilines is 1. The summed E-state index contributed by atoms with van der Waals surface area (Å²) in [5.74, 6) is 0. The van der Waals surface area contributed by atoms with Gasteiger partial charge in [0.05, 0.1) is 6.61 Å². The molecule has 2 aromatic carbocycles. The van der Waals surface area contributed by atoms with Crippen molar-refractivity contribution in [1.29, 1.82) is 0 Å². The second-order valence-corrected chi connectivity index (χ2v) is 4.53. The van der Waals surface area contributed by atoms with Crippen LogP contribution in [0.1, 0.15) is 19.4 Å². The monoisotopic (exact) mass is 255 g/mol. The summed E-state index contributed by atoms with van der Waals surface area (Å²) in [6.07, 6.45) is 0. The van der Waals surface area contributed by atoms with Crippen molar-refractivity contribution in [2.45, 2.75) is 20.5 Å². The van der Waals surface area contributed by atoms with E-state index < -0.39 is 0 Å². The van der Waals surface area contributed by atoms with E-state index in [0.29, 0.717) is 0 Å². The second-order valence-electron chi connectivity index (χ2n) is 4.53. The molecule has 19 heavy (non-hydrogen) atoms. The van der Waals surface area contributed by atoms with Gasteiger partial charge in [0, 0.05) is 18.8 Å². The Labute approximate surface area is 115 Å². The first kappa shape index (κ1) is 13.6. The van der Waals surface area contributed by atoms with E-state index in [2.05, 4.69) is 49.1 Å². The molecule has 0 radical (unpaired) electrons. The first-order valence-corrected chi connectivity index (χ1v) is 6.84. The molecule has 100 valence electrons. The minimum absolute atomic E-state index is 0.0774. The van der Waals surface area contributed by atoms with Gasteiger partial charge in [-0.3, -0.25) is 0 Å². The van der Waals surface area contributed by atoms with Gasteiger partial charge in [0.15, 0.2) is 0 Å². The van der Waals surface area contributed by atoms with Crippen molar-refractivity contribution in [1.82, 2.24) is 0 Å². The zero-order valence-electron chi connectivity index (χ0n) is 11.6. The molecule has 2 aromatic rings. The minimum atomic E-state index is 0.0774. The molecule has 0 saturated heterocycles. The standard InChI is InChI=1S/C17H21NO/c1-3-18(4-2)16-11-9-14(10-12-16)17-8-6-5-7-15(17)13-19/h5-12,19H,3-4,13H2,1-2H3. The van der Waals surface area contributed by atoms with Gasteiger partial charge in [-0.25, -0.2) is 0 Å². The molecule has 0 aromatic heterocycles. The first-order chi connectivity index (χ1) is 9.30. The Morgan fingerprint density at radius 3 is 2.11 bits per heavy atom. The Bertz CT molecular complexity index is 515. The lowest BCUT2D eigenvalue weighted by Gasteiger charge is -2.21. The zero-order valence-corrected chi connectivity index (χ0v) is 11.6. The predicted octanol–water partition coefficient (Wildman–Crippen LogP) is 3.69. The lowest BCUT2D eigenvalue weighted by atomic mass is 10.00. The van der Waals surface area contributed by atoms with Crippen LogP contribution in [0.25, 0.3) is 11.1 Å². The van der Waals surface area contributed by atoms with Crippen molar-refractivity contribution in [3.05, 3.63) is 54.1 Å². The maximum absolute atomic E-state index is 9.39. The van der Waals surface area contributed by atoms with Crippen LogP contribution in [-0.2, 0) is 6.61 Å². The molecule has 1 N–H and O–H groups in total. The molecule has 0 heterocycles. The zero-order chi connectivity index (χ0) is 13.7. The number of hydrogen-bond donors (Lipinski definition) is 1. The number of aliphatic hydroxyl groups is 1. The molecule has 0 aliphatic carbocycles. The molecule has 0 amide bonds. The maximum Gasteiger partial charge on any atom is 0.0687 e. The fourth-order valence-electron chi connectivity index (χ4n) is 2.38. The SMILES string of the molecule is CCN(CC)c1ccc(-c2ccccc2CO)cc1. The van der Waals surface area contributed by atoms with E-state index in [4.69, 9.17) is 0 Å². The maximum atomic E-state index is 9.39. The molecule has 0 spiro atoms. The molecule has 2 nitrogen and oxygen atoms in total. The van der Waals surface area contributed by atoms with Crippen LogP contribution in [0, 0.1) is 0 Å². The van der Waals surface area contributed by atoms with Crippen LogP contribution in [0.3, 0.4) is 0 Å². The molecular formula is C17H21NO. The highest BCUT2D eigenvalue weighted by Crippen LogP contribution is 2.26. The summed E-state index contributed by atoms with van der Waals surface area (Å²) in [5.41, 5.74) is 4.48. The van der Waals surface area contributed by atoms with Gasteiger partial charge >= 0.3 is 0 Å². The van der Waals surface area contributed by atoms with E-state index in [9.17, 15) is 5.11 Å². The van der Waals surface area contributed by atoms with Crippen LogP contribution < -0.4 is 4.90 Å². The Morgan fingerprint density at radius 1 is 0.895 bits per heavy atom. The molecule has 0 unspecified atom stereocenters. The summed E-state index contributed by atoms with van der Waals surface area (Å²) in [6.45, 7) is 6.44. The minimum Gasteiger partial charge on any atom is -0.392 e. The normalized spacial score (nSPS) is 10.5. The van der Waals surface area contributed by atoms with E-state index in [1.165, 1.54) is 5.69 Å². The smallest absolute Gasteiger partial charge is 0.0687 e. The summed E-state index contributed by atoms with van der Waals surface area (Å²) in [5, 5.41) is 9.39. The van der Waals surface area contributed by atoms with Gasteiger partial charge in [-0.15, -0.1) is 0 Å². The fraction of sp³-hybridized carbons (Fsp3) is 0.294. The van der Waals surface area contributed by atoms with Crippen molar-refractivity contribution >= 4 is 5.69 Å². The summed E-state index contributed by atoms with van der Waals surface area (Å²) in [4.78, 5) is 2.32. The van der Waals surface area contributed by atoms with Crippen LogP contribution in [0.2, 0.25) is 0 Å². The molecule has 0 aliphatic heterocycles. The van der Waals surface area contributed by atoms with E-state index in [1.54, 1.807) is 0 Å². The van der Waals surface area contributed by atoms with Crippen LogP contribution in [-0.4, -0.2) is 18.2 Å². The van der Waals surface area contributed by atoms with Gasteiger partial charge in [-0.2, -0.15) is 0 Å². The van der Waals surface area contributed by atoms with E-state index in [0.717, 1.165) is 29.8 Å². The van der Waals surface area contributed by atoms with Crippen molar-refractivity contribution < 1.29 is 5.11 Å². The fourth-order valence-corrected chi connectivity index (χ4v) is 2.38. The molecule has 2 heteroatoms. The Morgan fingerprint density at radius 2 is 1.53 bits per heavy atom. The largest absolute Gasteiger partial charge is 0.392 e. The molecule has 0 bridgehead atoms. The van der Waals surface area contributed by atoms with Gasteiger partial charge < -0.3 is 10.0 Å². The lowest BCUT2D eigenvalue weighted by molar-refractivity contribution is 0.282. The summed E-state index contributed by atoms with van der Waals surface area (Å²) in [6, 6.07) is 16.5. The van der Waals surface area contributed by atoms with Crippen LogP contribution in [0.15, 0.2) is 48.5 Å². The van der Waals surface area contributed by atoms with Crippen molar-refractivity contribution in [3.63, 3.8) is 0 Å². The average Bonchev–Trinajstić information content (AvgIpc) is 2.49. The van der Waals surface area contributed by atoms with Gasteiger partial charge in [0.25, 0.3) is 0 Å². The third-order valence-corrected chi connectivity index (χ3v) is 3.49. The van der Waals surface area contributed by atoms with Gasteiger partial charge in [0.1, 0.15) is 0 Å². The summed E-state index contributed by atoms with van der Waals surface area (Å²) < 4.78 is 0. The highest BCUT2D eigenvalue weighted by Gasteiger charge is 2.05. The quantitative estimate of drug-likeness (QED) is 0.880. The topological polar surface area (TPSA) is 23.5 Å². The van der Waals surface area contributed by atoms with Crippen LogP contribution >= 0.6 is 0 Å². The number of rotatable bonds is 5. The van der Waals surface area contributed by atoms with Crippen molar-refractivity contribution in [2.24, 2.45) is 0 Å². The summed E-state index contributed by atoms with van der Waals surface area (Å²) in [7, 11) is 0. The molecule has 0 atom stereocenters. The van der Waals surface area contributed by atoms with Crippen molar-refractivity contribution in [3.8, 4) is 11.1 Å². The Kier molecular flexibility index (Phi) is 4.58. The van der Waals surface area contributed by atoms with E-state index >= 15 is 0 Å². The lowest BCUT2D eigenvalue weighted by Crippen LogP contribution is -2.21. The highest BCUT2D eigenvalue weighted by molar-refractivity contribution is 5.69. The van der Waals surface area contributed by atoms with Crippen LogP contribution in [0.5, 0.6) is 0 Å². The molecule has 0 saturated carbocycles. The third-order valence-electron chi connectivity index (χ3n) is 3.49. The van der Waals surface area contributed by atoms with Crippen molar-refractivity contribution in [2.75, 3.05) is 18.0 Å². The summed E-state index contributed by atoms with van der Waals surface area (Å²) >= 11 is 0. The number of hydrogen-bond acceptors (Lipinski definition) is 2. The second kappa shape index (κ2) is 6.39. The van der Waals surface area contributed by atoms with E-state index in [1.807, 2.05) is 18.2 Å². The van der Waals surface area contributed by atoms with E-state index in [-0.39, 0.29) is 6.61 Å². The number of nitrogens with zero attached hydrogens (tertiary/aromatic N) is 1. The van der Waals surface area contributed by atoms with Gasteiger partial charge in [-0.1, -0.05) is 36.4 Å². The molecule has 2 rings (SSSR count). The Balaban J connectivity index is 2.32. The Hall–Kier alpha value is -1.80. The number of benzene rings is 2.